The van der Waals surface area contributed by atoms with Gasteiger partial charge in [-0.05, 0) is 60.4 Å². The van der Waals surface area contributed by atoms with Crippen LogP contribution in [0.5, 0.6) is 0 Å². The minimum atomic E-state index is -0.430. The first-order valence-electron chi connectivity index (χ1n) is 8.56. The van der Waals surface area contributed by atoms with E-state index in [-0.39, 0.29) is 0 Å². The predicted molar refractivity (Wildman–Crippen MR) is 104 cm³/mol. The summed E-state index contributed by atoms with van der Waals surface area (Å²) >= 11 is 0. The number of guanidine groups is 1. The number of benzene rings is 2. The van der Waals surface area contributed by atoms with Gasteiger partial charge in [0, 0.05) is 39.9 Å². The Bertz CT molecular complexity index is 772. The molecule has 2 aromatic rings. The highest BCUT2D eigenvalue weighted by Gasteiger charge is 2.06. The van der Waals surface area contributed by atoms with Crippen molar-refractivity contribution < 1.29 is 8.78 Å². The van der Waals surface area contributed by atoms with Crippen molar-refractivity contribution in [2.75, 3.05) is 32.6 Å². The van der Waals surface area contributed by atoms with Crippen molar-refractivity contribution in [2.24, 2.45) is 4.99 Å². The van der Waals surface area contributed by atoms with Crippen molar-refractivity contribution in [3.05, 3.63) is 64.7 Å². The van der Waals surface area contributed by atoms with Crippen LogP contribution in [0.25, 0.3) is 0 Å². The van der Waals surface area contributed by atoms with Crippen molar-refractivity contribution in [2.45, 2.75) is 19.9 Å². The Morgan fingerprint density at radius 1 is 1.04 bits per heavy atom. The number of hydrogen-bond donors (Lipinski definition) is 2. The highest BCUT2D eigenvalue weighted by molar-refractivity contribution is 5.79. The van der Waals surface area contributed by atoms with Gasteiger partial charge >= 0.3 is 0 Å². The van der Waals surface area contributed by atoms with E-state index in [1.807, 2.05) is 14.1 Å². The van der Waals surface area contributed by atoms with Crippen LogP contribution < -0.4 is 15.5 Å². The number of rotatable bonds is 6. The van der Waals surface area contributed by atoms with Crippen molar-refractivity contribution in [3.63, 3.8) is 0 Å². The number of nitrogens with zero attached hydrogens (tertiary/aromatic N) is 2. The number of anilines is 1. The molecule has 0 atom stereocenters. The molecule has 2 rings (SSSR count). The van der Waals surface area contributed by atoms with E-state index in [1.54, 1.807) is 7.05 Å². The van der Waals surface area contributed by atoms with Crippen LogP contribution in [0, 0.1) is 18.6 Å². The second kappa shape index (κ2) is 9.17. The van der Waals surface area contributed by atoms with Crippen LogP contribution in [0.15, 0.2) is 41.4 Å². The van der Waals surface area contributed by atoms with E-state index >= 15 is 0 Å². The Hall–Kier alpha value is -2.63. The Morgan fingerprint density at radius 3 is 2.46 bits per heavy atom. The third kappa shape index (κ3) is 5.44. The smallest absolute Gasteiger partial charge is 0.191 e. The Balaban J connectivity index is 1.87. The van der Waals surface area contributed by atoms with Crippen molar-refractivity contribution in [1.82, 2.24) is 10.6 Å². The topological polar surface area (TPSA) is 39.7 Å². The number of hydrogen-bond acceptors (Lipinski definition) is 2. The average Bonchev–Trinajstić information content (AvgIpc) is 2.61. The summed E-state index contributed by atoms with van der Waals surface area (Å²) in [5.41, 5.74) is 3.88. The molecule has 2 aromatic carbocycles. The Kier molecular flexibility index (Phi) is 6.95. The molecule has 0 aliphatic rings. The minimum Gasteiger partial charge on any atom is -0.378 e. The Labute approximate surface area is 153 Å². The summed E-state index contributed by atoms with van der Waals surface area (Å²) in [5, 5.41) is 6.37. The summed E-state index contributed by atoms with van der Waals surface area (Å²) in [6, 6.07) is 9.80. The molecule has 0 aliphatic heterocycles. The average molecular weight is 360 g/mol. The summed E-state index contributed by atoms with van der Waals surface area (Å²) in [7, 11) is 5.71. The molecule has 0 aromatic heterocycles. The molecular weight excluding hydrogens is 334 g/mol. The molecule has 0 saturated heterocycles. The third-order valence-corrected chi connectivity index (χ3v) is 4.21. The molecule has 0 aliphatic carbocycles. The highest BCUT2D eigenvalue weighted by atomic mass is 19.1. The fourth-order valence-electron chi connectivity index (χ4n) is 2.61. The van der Waals surface area contributed by atoms with Gasteiger partial charge in [-0.1, -0.05) is 6.07 Å². The molecule has 0 spiro atoms. The van der Waals surface area contributed by atoms with E-state index in [2.05, 4.69) is 45.6 Å². The van der Waals surface area contributed by atoms with Crippen LogP contribution in [0.1, 0.15) is 16.7 Å². The van der Waals surface area contributed by atoms with Gasteiger partial charge in [0.25, 0.3) is 0 Å². The second-order valence-electron chi connectivity index (χ2n) is 6.34. The lowest BCUT2D eigenvalue weighted by Crippen LogP contribution is -2.38. The zero-order valence-electron chi connectivity index (χ0n) is 15.7. The summed E-state index contributed by atoms with van der Waals surface area (Å²) in [6.07, 6.45) is 0.376. The maximum Gasteiger partial charge on any atom is 0.191 e. The zero-order valence-corrected chi connectivity index (χ0v) is 15.7. The van der Waals surface area contributed by atoms with Crippen molar-refractivity contribution >= 4 is 11.6 Å². The fraction of sp³-hybridized carbons (Fsp3) is 0.350. The minimum absolute atomic E-state index is 0.350. The normalized spacial score (nSPS) is 11.4. The van der Waals surface area contributed by atoms with Gasteiger partial charge in [-0.2, -0.15) is 0 Å². The third-order valence-electron chi connectivity index (χ3n) is 4.21. The summed E-state index contributed by atoms with van der Waals surface area (Å²) < 4.78 is 26.8. The second-order valence-corrected chi connectivity index (χ2v) is 6.34. The van der Waals surface area contributed by atoms with Crippen LogP contribution in [-0.2, 0) is 13.0 Å². The monoisotopic (exact) mass is 360 g/mol. The molecule has 6 heteroatoms. The molecular formula is C20H26F2N4. The first kappa shape index (κ1) is 19.7. The number of aryl methyl sites for hydroxylation is 1. The van der Waals surface area contributed by atoms with Gasteiger partial charge in [0.15, 0.2) is 5.96 Å². The number of nitrogens with one attached hydrogen (secondary N) is 2. The van der Waals surface area contributed by atoms with Crippen molar-refractivity contribution in [1.29, 1.82) is 0 Å². The summed E-state index contributed by atoms with van der Waals surface area (Å²) in [4.78, 5) is 6.23. The molecule has 2 N–H and O–H groups in total. The van der Waals surface area contributed by atoms with Crippen LogP contribution in [-0.4, -0.2) is 33.6 Å². The molecule has 0 fully saturated rings. The molecule has 0 radical (unpaired) electrons. The summed E-state index contributed by atoms with van der Waals surface area (Å²) in [5.74, 6) is -0.203. The molecule has 0 bridgehead atoms. The fourth-order valence-corrected chi connectivity index (χ4v) is 2.61. The van der Waals surface area contributed by atoms with E-state index < -0.39 is 11.6 Å². The van der Waals surface area contributed by atoms with E-state index in [9.17, 15) is 8.78 Å². The number of aliphatic imine (C=N–C) groups is 1. The molecule has 0 unspecified atom stereocenters. The molecule has 0 amide bonds. The van der Waals surface area contributed by atoms with E-state index in [1.165, 1.54) is 17.2 Å². The van der Waals surface area contributed by atoms with E-state index in [0.717, 1.165) is 17.8 Å². The molecule has 0 saturated carbocycles. The van der Waals surface area contributed by atoms with Crippen LogP contribution in [0.3, 0.4) is 0 Å². The lowest BCUT2D eigenvalue weighted by Gasteiger charge is -2.16. The standard InChI is InChI=1S/C20H26F2N4/c1-14-11-18(26(3)4)7-5-16(14)13-25-20(23-2)24-10-9-15-12-17(21)6-8-19(15)22/h5-8,11-12H,9-10,13H2,1-4H3,(H2,23,24,25). The van der Waals surface area contributed by atoms with Crippen LogP contribution >= 0.6 is 0 Å². The lowest BCUT2D eigenvalue weighted by molar-refractivity contribution is 0.583. The van der Waals surface area contributed by atoms with Gasteiger partial charge < -0.3 is 15.5 Å². The van der Waals surface area contributed by atoms with Gasteiger partial charge in [0.2, 0.25) is 0 Å². The highest BCUT2D eigenvalue weighted by Crippen LogP contribution is 2.17. The van der Waals surface area contributed by atoms with Crippen LogP contribution in [0.2, 0.25) is 0 Å². The van der Waals surface area contributed by atoms with Gasteiger partial charge in [-0.25, -0.2) is 8.78 Å². The summed E-state index contributed by atoms with van der Waals surface area (Å²) in [6.45, 7) is 3.17. The first-order chi connectivity index (χ1) is 12.4. The maximum atomic E-state index is 13.6. The SMILES string of the molecule is CN=C(NCCc1cc(F)ccc1F)NCc1ccc(N(C)C)cc1C. The van der Waals surface area contributed by atoms with Gasteiger partial charge in [-0.15, -0.1) is 0 Å². The molecule has 0 heterocycles. The van der Waals surface area contributed by atoms with Gasteiger partial charge in [0.05, 0.1) is 0 Å². The molecule has 4 nitrogen and oxygen atoms in total. The Morgan fingerprint density at radius 2 is 1.81 bits per heavy atom. The molecule has 26 heavy (non-hydrogen) atoms. The van der Waals surface area contributed by atoms with Gasteiger partial charge in [0.1, 0.15) is 11.6 Å². The lowest BCUT2D eigenvalue weighted by atomic mass is 10.1. The molecule has 140 valence electrons. The van der Waals surface area contributed by atoms with Crippen LogP contribution in [0.4, 0.5) is 14.5 Å². The van der Waals surface area contributed by atoms with Gasteiger partial charge in [-0.3, -0.25) is 4.99 Å². The van der Waals surface area contributed by atoms with E-state index in [0.29, 0.717) is 31.0 Å². The largest absolute Gasteiger partial charge is 0.378 e. The predicted octanol–water partition coefficient (Wildman–Crippen LogP) is 3.25. The first-order valence-corrected chi connectivity index (χ1v) is 8.56. The van der Waals surface area contributed by atoms with E-state index in [4.69, 9.17) is 0 Å². The zero-order chi connectivity index (χ0) is 19.1. The maximum absolute atomic E-state index is 13.6. The quantitative estimate of drug-likeness (QED) is 0.614. The van der Waals surface area contributed by atoms with Crippen molar-refractivity contribution in [3.8, 4) is 0 Å². The number of halogens is 2.